The SMILES string of the molecule is CC(C)c1c[nH][n+]2ccccc12. The van der Waals surface area contributed by atoms with Crippen molar-refractivity contribution in [2.24, 2.45) is 0 Å². The van der Waals surface area contributed by atoms with Crippen LogP contribution in [-0.4, -0.2) is 5.10 Å². The molecule has 0 fully saturated rings. The predicted molar refractivity (Wildman–Crippen MR) is 48.0 cm³/mol. The summed E-state index contributed by atoms with van der Waals surface area (Å²) in [5, 5.41) is 3.19. The third-order valence-electron chi connectivity index (χ3n) is 2.14. The second kappa shape index (κ2) is 2.63. The Morgan fingerprint density at radius 1 is 1.33 bits per heavy atom. The molecule has 0 aliphatic rings. The number of hydrogen-bond acceptors (Lipinski definition) is 0. The molecule has 0 radical (unpaired) electrons. The molecule has 2 rings (SSSR count). The second-order valence-corrected chi connectivity index (χ2v) is 3.34. The summed E-state index contributed by atoms with van der Waals surface area (Å²) >= 11 is 0. The smallest absolute Gasteiger partial charge is 0.167 e. The lowest BCUT2D eigenvalue weighted by Crippen LogP contribution is -2.21. The summed E-state index contributed by atoms with van der Waals surface area (Å²) in [5.41, 5.74) is 2.64. The van der Waals surface area contributed by atoms with Gasteiger partial charge < -0.3 is 0 Å². The zero-order valence-corrected chi connectivity index (χ0v) is 7.41. The van der Waals surface area contributed by atoms with Gasteiger partial charge in [-0.05, 0) is 12.0 Å². The lowest BCUT2D eigenvalue weighted by atomic mass is 10.1. The average molecular weight is 161 g/mol. The van der Waals surface area contributed by atoms with E-state index in [1.165, 1.54) is 11.1 Å². The van der Waals surface area contributed by atoms with Crippen molar-refractivity contribution in [3.8, 4) is 0 Å². The van der Waals surface area contributed by atoms with E-state index in [9.17, 15) is 0 Å². The maximum absolute atomic E-state index is 3.19. The molecule has 62 valence electrons. The normalized spacial score (nSPS) is 11.2. The van der Waals surface area contributed by atoms with Crippen molar-refractivity contribution in [1.29, 1.82) is 0 Å². The van der Waals surface area contributed by atoms with Crippen molar-refractivity contribution in [2.75, 3.05) is 0 Å². The van der Waals surface area contributed by atoms with E-state index in [2.05, 4.69) is 37.3 Å². The standard InChI is InChI=1S/C10H12N2/c1-8(2)9-7-11-12-6-4-3-5-10(9)12/h3-8H,1-2H3/p+1. The van der Waals surface area contributed by atoms with Crippen LogP contribution >= 0.6 is 0 Å². The first-order chi connectivity index (χ1) is 5.79. The van der Waals surface area contributed by atoms with Crippen LogP contribution in [0.1, 0.15) is 25.3 Å². The van der Waals surface area contributed by atoms with Crippen molar-refractivity contribution < 1.29 is 4.52 Å². The molecule has 2 aromatic rings. The van der Waals surface area contributed by atoms with Gasteiger partial charge in [-0.3, -0.25) is 0 Å². The fourth-order valence-corrected chi connectivity index (χ4v) is 1.47. The van der Waals surface area contributed by atoms with Crippen LogP contribution in [0.2, 0.25) is 0 Å². The maximum Gasteiger partial charge on any atom is 0.240 e. The highest BCUT2D eigenvalue weighted by molar-refractivity contribution is 5.48. The fourth-order valence-electron chi connectivity index (χ4n) is 1.47. The molecule has 2 heterocycles. The molecule has 2 aromatic heterocycles. The largest absolute Gasteiger partial charge is 0.240 e. The maximum atomic E-state index is 3.19. The highest BCUT2D eigenvalue weighted by Gasteiger charge is 2.12. The Hall–Kier alpha value is -1.31. The van der Waals surface area contributed by atoms with Crippen molar-refractivity contribution in [2.45, 2.75) is 19.8 Å². The Morgan fingerprint density at radius 2 is 2.17 bits per heavy atom. The first kappa shape index (κ1) is 7.35. The lowest BCUT2D eigenvalue weighted by molar-refractivity contribution is -0.576. The lowest BCUT2D eigenvalue weighted by Gasteiger charge is -1.95. The number of hydrogen-bond donors (Lipinski definition) is 1. The summed E-state index contributed by atoms with van der Waals surface area (Å²) < 4.78 is 2.04. The van der Waals surface area contributed by atoms with E-state index < -0.39 is 0 Å². The quantitative estimate of drug-likeness (QED) is 0.616. The molecule has 0 spiro atoms. The molecule has 0 bridgehead atoms. The predicted octanol–water partition coefficient (Wildman–Crippen LogP) is 1.88. The van der Waals surface area contributed by atoms with Crippen molar-refractivity contribution in [3.63, 3.8) is 0 Å². The third-order valence-corrected chi connectivity index (χ3v) is 2.14. The Bertz CT molecular complexity index is 387. The zero-order valence-electron chi connectivity index (χ0n) is 7.41. The number of nitrogens with one attached hydrogen (secondary N) is 1. The van der Waals surface area contributed by atoms with Crippen LogP contribution in [0.25, 0.3) is 5.52 Å². The number of fused-ring (bicyclic) bond motifs is 1. The molecule has 0 unspecified atom stereocenters. The van der Waals surface area contributed by atoms with E-state index >= 15 is 0 Å². The highest BCUT2D eigenvalue weighted by atomic mass is 15.2. The average Bonchev–Trinajstić information content (AvgIpc) is 2.47. The summed E-state index contributed by atoms with van der Waals surface area (Å²) in [5.74, 6) is 0.577. The summed E-state index contributed by atoms with van der Waals surface area (Å²) in [4.78, 5) is 0. The summed E-state index contributed by atoms with van der Waals surface area (Å²) in [6.45, 7) is 4.41. The van der Waals surface area contributed by atoms with E-state index in [1.807, 2.05) is 16.8 Å². The number of H-pyrrole nitrogens is 1. The van der Waals surface area contributed by atoms with Crippen LogP contribution in [0.3, 0.4) is 0 Å². The molecule has 2 heteroatoms. The van der Waals surface area contributed by atoms with Gasteiger partial charge in [0.1, 0.15) is 0 Å². The van der Waals surface area contributed by atoms with Gasteiger partial charge in [-0.15, -0.1) is 0 Å². The molecule has 1 N–H and O–H groups in total. The molecule has 2 nitrogen and oxygen atoms in total. The van der Waals surface area contributed by atoms with Gasteiger partial charge in [0.2, 0.25) is 5.52 Å². The molecular formula is C10H13N2+. The Balaban J connectivity index is 2.70. The van der Waals surface area contributed by atoms with Gasteiger partial charge in [-0.1, -0.05) is 18.4 Å². The zero-order chi connectivity index (χ0) is 8.55. The van der Waals surface area contributed by atoms with E-state index in [1.54, 1.807) is 0 Å². The van der Waals surface area contributed by atoms with Gasteiger partial charge in [-0.25, -0.2) is 0 Å². The van der Waals surface area contributed by atoms with E-state index in [-0.39, 0.29) is 0 Å². The van der Waals surface area contributed by atoms with Gasteiger partial charge in [0, 0.05) is 12.1 Å². The van der Waals surface area contributed by atoms with Crippen molar-refractivity contribution in [1.82, 2.24) is 5.10 Å². The van der Waals surface area contributed by atoms with Crippen LogP contribution in [-0.2, 0) is 0 Å². The monoisotopic (exact) mass is 161 g/mol. The van der Waals surface area contributed by atoms with Gasteiger partial charge in [0.15, 0.2) is 6.20 Å². The molecule has 0 aromatic carbocycles. The first-order valence-corrected chi connectivity index (χ1v) is 4.26. The van der Waals surface area contributed by atoms with Gasteiger partial charge in [0.25, 0.3) is 0 Å². The Morgan fingerprint density at radius 3 is 2.92 bits per heavy atom. The number of rotatable bonds is 1. The summed E-state index contributed by atoms with van der Waals surface area (Å²) in [6, 6.07) is 6.22. The van der Waals surface area contributed by atoms with Crippen LogP contribution < -0.4 is 4.52 Å². The van der Waals surface area contributed by atoms with Gasteiger partial charge in [-0.2, -0.15) is 5.10 Å². The van der Waals surface area contributed by atoms with Crippen molar-refractivity contribution in [3.05, 3.63) is 36.2 Å². The van der Waals surface area contributed by atoms with E-state index in [0.29, 0.717) is 5.92 Å². The van der Waals surface area contributed by atoms with Crippen LogP contribution in [0.15, 0.2) is 30.6 Å². The minimum atomic E-state index is 0.577. The summed E-state index contributed by atoms with van der Waals surface area (Å²) in [7, 11) is 0. The van der Waals surface area contributed by atoms with Crippen LogP contribution in [0.5, 0.6) is 0 Å². The van der Waals surface area contributed by atoms with Crippen LogP contribution in [0.4, 0.5) is 0 Å². The van der Waals surface area contributed by atoms with Gasteiger partial charge >= 0.3 is 0 Å². The topological polar surface area (TPSA) is 19.9 Å². The minimum absolute atomic E-state index is 0.577. The molecular weight excluding hydrogens is 148 g/mol. The summed E-state index contributed by atoms with van der Waals surface area (Å²) in [6.07, 6.45) is 4.10. The number of nitrogens with zero attached hydrogens (tertiary/aromatic N) is 1. The molecule has 0 amide bonds. The first-order valence-electron chi connectivity index (χ1n) is 4.26. The second-order valence-electron chi connectivity index (χ2n) is 3.34. The molecule has 12 heavy (non-hydrogen) atoms. The molecule has 0 saturated heterocycles. The van der Waals surface area contributed by atoms with Gasteiger partial charge in [0.05, 0.1) is 11.8 Å². The van der Waals surface area contributed by atoms with Crippen molar-refractivity contribution >= 4 is 5.52 Å². The molecule has 0 aliphatic heterocycles. The Kier molecular flexibility index (Phi) is 1.61. The Labute approximate surface area is 71.8 Å². The third kappa shape index (κ3) is 0.998. The number of pyridine rings is 1. The number of aromatic amines is 1. The van der Waals surface area contributed by atoms with E-state index in [4.69, 9.17) is 0 Å². The van der Waals surface area contributed by atoms with Crippen LogP contribution in [0, 0.1) is 0 Å². The molecule has 0 saturated carbocycles. The van der Waals surface area contributed by atoms with E-state index in [0.717, 1.165) is 0 Å². The molecule has 0 atom stereocenters. The number of aromatic nitrogens is 2. The minimum Gasteiger partial charge on any atom is -0.167 e. The fraction of sp³-hybridized carbons (Fsp3) is 0.300. The highest BCUT2D eigenvalue weighted by Crippen LogP contribution is 2.15. The molecule has 0 aliphatic carbocycles.